The second-order valence-electron chi connectivity index (χ2n) is 5.09. The van der Waals surface area contributed by atoms with Crippen molar-refractivity contribution < 1.29 is 4.52 Å². The smallest absolute Gasteiger partial charge is 0.246 e. The van der Waals surface area contributed by atoms with E-state index in [4.69, 9.17) is 4.52 Å². The highest BCUT2D eigenvalue weighted by Crippen LogP contribution is 2.21. The summed E-state index contributed by atoms with van der Waals surface area (Å²) in [5.74, 6) is 1.97. The molecule has 0 fully saturated rings. The number of aryl methyl sites for hydroxylation is 1. The van der Waals surface area contributed by atoms with E-state index in [1.54, 1.807) is 0 Å². The minimum absolute atomic E-state index is 0.370. The number of rotatable bonds is 6. The zero-order valence-electron chi connectivity index (χ0n) is 12.1. The van der Waals surface area contributed by atoms with Gasteiger partial charge in [0.25, 0.3) is 0 Å². The van der Waals surface area contributed by atoms with E-state index < -0.39 is 0 Å². The van der Waals surface area contributed by atoms with Crippen molar-refractivity contribution in [3.05, 3.63) is 35.7 Å². The summed E-state index contributed by atoms with van der Waals surface area (Å²) < 4.78 is 7.28. The van der Waals surface area contributed by atoms with Crippen LogP contribution in [0.1, 0.15) is 44.1 Å². The summed E-state index contributed by atoms with van der Waals surface area (Å²) in [4.78, 5) is 4.32. The fourth-order valence-corrected chi connectivity index (χ4v) is 2.28. The van der Waals surface area contributed by atoms with Crippen LogP contribution in [-0.4, -0.2) is 21.8 Å². The summed E-state index contributed by atoms with van der Waals surface area (Å²) >= 11 is 0. The predicted octanol–water partition coefficient (Wildman–Crippen LogP) is 2.40. The molecule has 0 aliphatic rings. The van der Waals surface area contributed by atoms with Crippen LogP contribution in [0.3, 0.4) is 0 Å². The maximum atomic E-state index is 5.21. The number of nitrogens with zero attached hydrogens (tertiary/aromatic N) is 3. The molecule has 0 saturated heterocycles. The van der Waals surface area contributed by atoms with Crippen molar-refractivity contribution in [3.63, 3.8) is 0 Å². The van der Waals surface area contributed by atoms with Crippen LogP contribution in [0.15, 0.2) is 23.0 Å². The molecule has 1 unspecified atom stereocenters. The van der Waals surface area contributed by atoms with Gasteiger partial charge >= 0.3 is 0 Å². The maximum Gasteiger partial charge on any atom is 0.246 e. The Kier molecular flexibility index (Phi) is 4.37. The first-order chi connectivity index (χ1) is 9.13. The van der Waals surface area contributed by atoms with Crippen LogP contribution in [0.5, 0.6) is 0 Å². The topological polar surface area (TPSA) is 55.9 Å². The van der Waals surface area contributed by atoms with Crippen LogP contribution in [0, 0.1) is 5.92 Å². The van der Waals surface area contributed by atoms with Crippen molar-refractivity contribution in [1.29, 1.82) is 0 Å². The summed E-state index contributed by atoms with van der Waals surface area (Å²) in [6.45, 7) is 7.07. The van der Waals surface area contributed by atoms with Crippen LogP contribution in [0.4, 0.5) is 0 Å². The molecule has 0 spiro atoms. The molecular formula is C14H22N4O. The standard InChI is InChI=1S/C14H22N4O/c1-5-12-16-13(19-17-12)9-18-7-6-11(8-18)14(15-4)10(2)3/h6-8,10,14-15H,5,9H2,1-4H3. The zero-order chi connectivity index (χ0) is 13.8. The molecule has 2 heterocycles. The van der Waals surface area contributed by atoms with E-state index in [9.17, 15) is 0 Å². The molecule has 0 bridgehead atoms. The summed E-state index contributed by atoms with van der Waals surface area (Å²) in [5, 5.41) is 7.25. The van der Waals surface area contributed by atoms with Crippen LogP contribution in [0.25, 0.3) is 0 Å². The molecular weight excluding hydrogens is 240 g/mol. The Balaban J connectivity index is 2.08. The third-order valence-electron chi connectivity index (χ3n) is 3.25. The van der Waals surface area contributed by atoms with Crippen LogP contribution in [0.2, 0.25) is 0 Å². The van der Waals surface area contributed by atoms with Crippen molar-refractivity contribution in [1.82, 2.24) is 20.0 Å². The lowest BCUT2D eigenvalue weighted by atomic mass is 9.99. The first-order valence-electron chi connectivity index (χ1n) is 6.78. The second kappa shape index (κ2) is 6.02. The Morgan fingerprint density at radius 2 is 2.21 bits per heavy atom. The third-order valence-corrected chi connectivity index (χ3v) is 3.25. The van der Waals surface area contributed by atoms with E-state index in [1.165, 1.54) is 5.56 Å². The number of nitrogens with one attached hydrogen (secondary N) is 1. The van der Waals surface area contributed by atoms with Gasteiger partial charge in [0, 0.05) is 24.9 Å². The molecule has 0 aliphatic carbocycles. The molecule has 104 valence electrons. The lowest BCUT2D eigenvalue weighted by molar-refractivity contribution is 0.366. The monoisotopic (exact) mass is 262 g/mol. The molecule has 19 heavy (non-hydrogen) atoms. The largest absolute Gasteiger partial charge is 0.345 e. The highest BCUT2D eigenvalue weighted by molar-refractivity contribution is 5.16. The quantitative estimate of drug-likeness (QED) is 0.868. The van der Waals surface area contributed by atoms with Crippen molar-refractivity contribution in [2.24, 2.45) is 5.92 Å². The summed E-state index contributed by atoms with van der Waals surface area (Å²) in [5.41, 5.74) is 1.28. The molecule has 2 aromatic rings. The van der Waals surface area contributed by atoms with Gasteiger partial charge in [0.1, 0.15) is 6.54 Å². The van der Waals surface area contributed by atoms with Gasteiger partial charge in [-0.2, -0.15) is 4.98 Å². The second-order valence-corrected chi connectivity index (χ2v) is 5.09. The summed E-state index contributed by atoms with van der Waals surface area (Å²) in [6, 6.07) is 2.51. The molecule has 1 atom stereocenters. The molecule has 2 aromatic heterocycles. The highest BCUT2D eigenvalue weighted by Gasteiger charge is 2.15. The predicted molar refractivity (Wildman–Crippen MR) is 73.8 cm³/mol. The molecule has 2 rings (SSSR count). The lowest BCUT2D eigenvalue weighted by Crippen LogP contribution is -2.21. The fraction of sp³-hybridized carbons (Fsp3) is 0.571. The van der Waals surface area contributed by atoms with E-state index in [1.807, 2.05) is 14.0 Å². The van der Waals surface area contributed by atoms with Gasteiger partial charge in [-0.25, -0.2) is 0 Å². The molecule has 0 amide bonds. The average molecular weight is 262 g/mol. The number of hydrogen-bond acceptors (Lipinski definition) is 4. The molecule has 0 saturated carbocycles. The highest BCUT2D eigenvalue weighted by atomic mass is 16.5. The average Bonchev–Trinajstić information content (AvgIpc) is 3.00. The molecule has 5 heteroatoms. The third kappa shape index (κ3) is 3.23. The first kappa shape index (κ1) is 13.8. The van der Waals surface area contributed by atoms with E-state index >= 15 is 0 Å². The van der Waals surface area contributed by atoms with Gasteiger partial charge in [-0.1, -0.05) is 25.9 Å². The van der Waals surface area contributed by atoms with Crippen molar-refractivity contribution >= 4 is 0 Å². The van der Waals surface area contributed by atoms with Gasteiger partial charge in [-0.3, -0.25) is 0 Å². The Hall–Kier alpha value is -1.62. The summed E-state index contributed by atoms with van der Waals surface area (Å²) in [7, 11) is 1.99. The Morgan fingerprint density at radius 1 is 1.42 bits per heavy atom. The first-order valence-corrected chi connectivity index (χ1v) is 6.78. The van der Waals surface area contributed by atoms with Gasteiger partial charge in [0.2, 0.25) is 5.89 Å². The maximum absolute atomic E-state index is 5.21. The van der Waals surface area contributed by atoms with Gasteiger partial charge in [-0.05, 0) is 24.6 Å². The SMILES string of the molecule is CCc1noc(Cn2ccc(C(NC)C(C)C)c2)n1. The van der Waals surface area contributed by atoms with E-state index in [2.05, 4.69) is 52.3 Å². The van der Waals surface area contributed by atoms with Gasteiger partial charge < -0.3 is 14.4 Å². The lowest BCUT2D eigenvalue weighted by Gasteiger charge is -2.18. The van der Waals surface area contributed by atoms with Gasteiger partial charge in [0.05, 0.1) is 0 Å². The molecule has 0 aliphatic heterocycles. The van der Waals surface area contributed by atoms with Gasteiger partial charge in [-0.15, -0.1) is 0 Å². The Morgan fingerprint density at radius 3 is 2.79 bits per heavy atom. The van der Waals surface area contributed by atoms with E-state index in [-0.39, 0.29) is 0 Å². The van der Waals surface area contributed by atoms with E-state index in [0.717, 1.165) is 12.2 Å². The normalized spacial score (nSPS) is 13.1. The Labute approximate surface area is 114 Å². The molecule has 0 radical (unpaired) electrons. The van der Waals surface area contributed by atoms with Crippen LogP contribution >= 0.6 is 0 Å². The molecule has 1 N–H and O–H groups in total. The molecule has 5 nitrogen and oxygen atoms in total. The minimum atomic E-state index is 0.370. The molecule has 0 aromatic carbocycles. The zero-order valence-corrected chi connectivity index (χ0v) is 12.1. The van der Waals surface area contributed by atoms with Crippen molar-refractivity contribution in [2.45, 2.75) is 39.8 Å². The van der Waals surface area contributed by atoms with E-state index in [0.29, 0.717) is 24.4 Å². The minimum Gasteiger partial charge on any atom is -0.345 e. The van der Waals surface area contributed by atoms with Crippen molar-refractivity contribution in [3.8, 4) is 0 Å². The summed E-state index contributed by atoms with van der Waals surface area (Å²) in [6.07, 6.45) is 4.99. The Bertz CT molecular complexity index is 515. The van der Waals surface area contributed by atoms with Crippen LogP contribution < -0.4 is 5.32 Å². The van der Waals surface area contributed by atoms with Crippen molar-refractivity contribution in [2.75, 3.05) is 7.05 Å². The van der Waals surface area contributed by atoms with Crippen LogP contribution in [-0.2, 0) is 13.0 Å². The van der Waals surface area contributed by atoms with Gasteiger partial charge in [0.15, 0.2) is 5.82 Å². The number of aromatic nitrogens is 3. The number of hydrogen-bond donors (Lipinski definition) is 1. The fourth-order valence-electron chi connectivity index (χ4n) is 2.28.